The maximum absolute atomic E-state index is 11.0. The molecule has 168 valence electrons. The number of benzene rings is 2. The van der Waals surface area contributed by atoms with Gasteiger partial charge in [-0.15, -0.1) is 0 Å². The van der Waals surface area contributed by atoms with Crippen LogP contribution < -0.4 is 20.7 Å². The Hall–Kier alpha value is -2.83. The van der Waals surface area contributed by atoms with Crippen LogP contribution in [0.25, 0.3) is 5.57 Å². The predicted molar refractivity (Wildman–Crippen MR) is 129 cm³/mol. The Morgan fingerprint density at radius 3 is 2.62 bits per heavy atom. The molecule has 2 fully saturated rings. The minimum Gasteiger partial charge on any atom is -0.456 e. The zero-order chi connectivity index (χ0) is 22.1. The second-order valence-electron chi connectivity index (χ2n) is 9.11. The van der Waals surface area contributed by atoms with Crippen molar-refractivity contribution in [3.8, 4) is 11.5 Å². The molecule has 0 aromatic heterocycles. The molecule has 1 saturated carbocycles. The van der Waals surface area contributed by atoms with E-state index in [0.717, 1.165) is 72.7 Å². The van der Waals surface area contributed by atoms with Gasteiger partial charge < -0.3 is 25.8 Å². The Morgan fingerprint density at radius 2 is 1.97 bits per heavy atom. The molecule has 6 heteroatoms. The maximum atomic E-state index is 11.0. The van der Waals surface area contributed by atoms with Crippen molar-refractivity contribution in [3.63, 3.8) is 0 Å². The fourth-order valence-corrected chi connectivity index (χ4v) is 4.57. The van der Waals surface area contributed by atoms with Gasteiger partial charge in [0.1, 0.15) is 17.7 Å². The van der Waals surface area contributed by atoms with E-state index in [9.17, 15) is 5.11 Å². The fourth-order valence-electron chi connectivity index (χ4n) is 4.57. The number of aliphatic hydroxyl groups is 1. The van der Waals surface area contributed by atoms with Crippen LogP contribution >= 0.6 is 0 Å². The summed E-state index contributed by atoms with van der Waals surface area (Å²) in [5.74, 6) is 1.96. The number of hydrogen-bond donors (Lipinski definition) is 3. The molecule has 2 atom stereocenters. The standard InChI is InChI=1S/C26H32N4O2/c1-17-7-10-23-24(30(17)26(31)18-8-9-18)12-11-22(19(13-27)14-29-20-15-28-16-20)25(23)32-21-5-3-2-4-6-21/h2-6,11-14,17-18,20,26,28,31H,7-10,15-16,27H2,1H3/t17-,26?/m0/s1. The number of para-hydroxylation sites is 1. The van der Waals surface area contributed by atoms with E-state index >= 15 is 0 Å². The largest absolute Gasteiger partial charge is 0.456 e. The predicted octanol–water partition coefficient (Wildman–Crippen LogP) is 3.69. The maximum Gasteiger partial charge on any atom is 0.140 e. The van der Waals surface area contributed by atoms with Crippen molar-refractivity contribution in [2.75, 3.05) is 18.0 Å². The molecule has 3 aliphatic rings. The molecule has 0 spiro atoms. The highest BCUT2D eigenvalue weighted by Gasteiger charge is 2.39. The summed E-state index contributed by atoms with van der Waals surface area (Å²) in [7, 11) is 0. The van der Waals surface area contributed by atoms with Crippen molar-refractivity contribution in [2.45, 2.75) is 50.9 Å². The third kappa shape index (κ3) is 4.12. The lowest BCUT2D eigenvalue weighted by molar-refractivity contribution is 0.133. The number of allylic oxidation sites excluding steroid dienone is 1. The number of rotatable bonds is 7. The lowest BCUT2D eigenvalue weighted by atomic mass is 9.91. The lowest BCUT2D eigenvalue weighted by Gasteiger charge is -2.41. The molecule has 2 aliphatic heterocycles. The van der Waals surface area contributed by atoms with Crippen LogP contribution in [-0.4, -0.2) is 42.7 Å². The molecule has 2 heterocycles. The van der Waals surface area contributed by atoms with Gasteiger partial charge in [0.2, 0.25) is 0 Å². The van der Waals surface area contributed by atoms with Gasteiger partial charge in [-0.2, -0.15) is 0 Å². The third-order valence-electron chi connectivity index (χ3n) is 6.77. The number of ether oxygens (including phenoxy) is 1. The summed E-state index contributed by atoms with van der Waals surface area (Å²) in [5, 5.41) is 14.3. The van der Waals surface area contributed by atoms with Crippen LogP contribution in [-0.2, 0) is 6.42 Å². The number of aliphatic imine (C=N–C) groups is 1. The van der Waals surface area contributed by atoms with Gasteiger partial charge in [-0.05, 0) is 56.9 Å². The highest BCUT2D eigenvalue weighted by Crippen LogP contribution is 2.46. The third-order valence-corrected chi connectivity index (χ3v) is 6.77. The first-order valence-corrected chi connectivity index (χ1v) is 11.7. The second kappa shape index (κ2) is 8.96. The summed E-state index contributed by atoms with van der Waals surface area (Å²) < 4.78 is 6.50. The van der Waals surface area contributed by atoms with Crippen molar-refractivity contribution in [2.24, 2.45) is 16.6 Å². The van der Waals surface area contributed by atoms with E-state index in [-0.39, 0.29) is 6.04 Å². The normalized spacial score (nSPS) is 22.5. The highest BCUT2D eigenvalue weighted by molar-refractivity contribution is 6.11. The summed E-state index contributed by atoms with van der Waals surface area (Å²) in [4.78, 5) is 6.87. The van der Waals surface area contributed by atoms with Crippen LogP contribution in [0.5, 0.6) is 11.5 Å². The lowest BCUT2D eigenvalue weighted by Crippen LogP contribution is -2.46. The highest BCUT2D eigenvalue weighted by atomic mass is 16.5. The van der Waals surface area contributed by atoms with E-state index in [4.69, 9.17) is 10.5 Å². The Morgan fingerprint density at radius 1 is 1.19 bits per heavy atom. The molecule has 1 aliphatic carbocycles. The average Bonchev–Trinajstić information content (AvgIpc) is 3.62. The summed E-state index contributed by atoms with van der Waals surface area (Å²) >= 11 is 0. The molecular formula is C26H32N4O2. The van der Waals surface area contributed by atoms with Gasteiger partial charge in [0.15, 0.2) is 0 Å². The smallest absolute Gasteiger partial charge is 0.140 e. The van der Waals surface area contributed by atoms with Crippen molar-refractivity contribution in [1.82, 2.24) is 5.32 Å². The molecule has 1 unspecified atom stereocenters. The summed E-state index contributed by atoms with van der Waals surface area (Å²) in [6.07, 6.45) is 7.08. The SMILES string of the molecule is C[C@H]1CCc2c(ccc(C(C=NC3CNC3)=CN)c2Oc2ccccc2)N1C(O)C1CC1. The number of fused-ring (bicyclic) bond motifs is 1. The van der Waals surface area contributed by atoms with Crippen molar-refractivity contribution in [3.05, 3.63) is 59.8 Å². The molecule has 4 N–H and O–H groups in total. The molecular weight excluding hydrogens is 400 g/mol. The van der Waals surface area contributed by atoms with E-state index < -0.39 is 6.23 Å². The molecule has 32 heavy (non-hydrogen) atoms. The Labute approximate surface area is 189 Å². The van der Waals surface area contributed by atoms with E-state index in [2.05, 4.69) is 34.3 Å². The first-order chi connectivity index (χ1) is 15.7. The monoisotopic (exact) mass is 432 g/mol. The van der Waals surface area contributed by atoms with Crippen LogP contribution in [0.2, 0.25) is 0 Å². The van der Waals surface area contributed by atoms with Gasteiger partial charge in [0, 0.05) is 59.9 Å². The van der Waals surface area contributed by atoms with Gasteiger partial charge in [-0.3, -0.25) is 4.99 Å². The van der Waals surface area contributed by atoms with E-state index in [1.54, 1.807) is 6.20 Å². The van der Waals surface area contributed by atoms with Gasteiger partial charge in [0.05, 0.1) is 6.04 Å². The Balaban J connectivity index is 1.58. The number of hydrogen-bond acceptors (Lipinski definition) is 6. The Bertz CT molecular complexity index is 1010. The number of nitrogens with one attached hydrogen (secondary N) is 1. The zero-order valence-corrected chi connectivity index (χ0v) is 18.6. The van der Waals surface area contributed by atoms with Crippen LogP contribution in [0.3, 0.4) is 0 Å². The second-order valence-corrected chi connectivity index (χ2v) is 9.11. The number of anilines is 1. The topological polar surface area (TPSA) is 83.1 Å². The van der Waals surface area contributed by atoms with Gasteiger partial charge in [-0.1, -0.05) is 18.2 Å². The number of nitrogens with zero attached hydrogens (tertiary/aromatic N) is 2. The number of aliphatic hydroxyl groups excluding tert-OH is 1. The first-order valence-electron chi connectivity index (χ1n) is 11.7. The molecule has 0 bridgehead atoms. The van der Waals surface area contributed by atoms with E-state index in [1.165, 1.54) is 0 Å². The first kappa shape index (κ1) is 21.0. The van der Waals surface area contributed by atoms with Crippen LogP contribution in [0, 0.1) is 5.92 Å². The molecule has 2 aromatic carbocycles. The van der Waals surface area contributed by atoms with E-state index in [0.29, 0.717) is 12.0 Å². The number of nitrogens with two attached hydrogens (primary N) is 1. The van der Waals surface area contributed by atoms with Gasteiger partial charge >= 0.3 is 0 Å². The average molecular weight is 433 g/mol. The van der Waals surface area contributed by atoms with Crippen molar-refractivity contribution < 1.29 is 9.84 Å². The van der Waals surface area contributed by atoms with Crippen LogP contribution in [0.15, 0.2) is 53.7 Å². The summed E-state index contributed by atoms with van der Waals surface area (Å²) in [6, 6.07) is 14.6. The molecule has 0 amide bonds. The fraction of sp³-hybridized carbons (Fsp3) is 0.423. The quantitative estimate of drug-likeness (QED) is 0.581. The Kier molecular flexibility index (Phi) is 5.89. The van der Waals surface area contributed by atoms with Gasteiger partial charge in [-0.25, -0.2) is 0 Å². The molecule has 6 nitrogen and oxygen atoms in total. The minimum absolute atomic E-state index is 0.283. The minimum atomic E-state index is -0.448. The molecule has 1 saturated heterocycles. The van der Waals surface area contributed by atoms with Crippen LogP contribution in [0.4, 0.5) is 5.69 Å². The van der Waals surface area contributed by atoms with E-state index in [1.807, 2.05) is 36.5 Å². The van der Waals surface area contributed by atoms with Crippen LogP contribution in [0.1, 0.15) is 37.3 Å². The van der Waals surface area contributed by atoms with Gasteiger partial charge in [0.25, 0.3) is 0 Å². The zero-order valence-electron chi connectivity index (χ0n) is 18.6. The van der Waals surface area contributed by atoms with Crippen molar-refractivity contribution in [1.29, 1.82) is 0 Å². The molecule has 2 aromatic rings. The summed E-state index contributed by atoms with van der Waals surface area (Å²) in [5.41, 5.74) is 10.0. The molecule has 5 rings (SSSR count). The van der Waals surface area contributed by atoms with Crippen molar-refractivity contribution >= 4 is 17.5 Å². The summed E-state index contributed by atoms with van der Waals surface area (Å²) in [6.45, 7) is 4.00. The molecule has 0 radical (unpaired) electrons.